The van der Waals surface area contributed by atoms with E-state index in [0.29, 0.717) is 30.0 Å². The maximum absolute atomic E-state index is 11.2. The van der Waals surface area contributed by atoms with Gasteiger partial charge >= 0.3 is 5.69 Å². The molecule has 0 aliphatic carbocycles. The van der Waals surface area contributed by atoms with E-state index in [1.807, 2.05) is 0 Å². The summed E-state index contributed by atoms with van der Waals surface area (Å²) in [6.45, 7) is 9.40. The van der Waals surface area contributed by atoms with Crippen molar-refractivity contribution in [3.63, 3.8) is 0 Å². The van der Waals surface area contributed by atoms with Crippen molar-refractivity contribution in [3.8, 4) is 5.75 Å². The van der Waals surface area contributed by atoms with Crippen LogP contribution in [0, 0.1) is 27.9 Å². The Morgan fingerprint density at radius 1 is 1.25 bits per heavy atom. The maximum atomic E-state index is 11.2. The number of hydrogen-bond donors (Lipinski definition) is 1. The lowest BCUT2D eigenvalue weighted by molar-refractivity contribution is -0.384. The fraction of sp³-hybridized carbons (Fsp3) is 0.600. The molecular formula is C15H24N2O3. The Balaban J connectivity index is 2.95. The molecule has 0 aromatic heterocycles. The molecule has 0 bridgehead atoms. The molecular weight excluding hydrogens is 256 g/mol. The first-order chi connectivity index (χ1) is 9.38. The van der Waals surface area contributed by atoms with Gasteiger partial charge in [0.25, 0.3) is 0 Å². The maximum Gasteiger partial charge on any atom is 0.333 e. The molecule has 0 radical (unpaired) electrons. The lowest BCUT2D eigenvalue weighted by Crippen LogP contribution is -2.24. The van der Waals surface area contributed by atoms with Crippen molar-refractivity contribution >= 4 is 11.4 Å². The average molecular weight is 280 g/mol. The minimum absolute atomic E-state index is 0.00117. The van der Waals surface area contributed by atoms with Crippen LogP contribution < -0.4 is 10.1 Å². The van der Waals surface area contributed by atoms with Crippen LogP contribution in [0.5, 0.6) is 5.75 Å². The van der Waals surface area contributed by atoms with Gasteiger partial charge < -0.3 is 10.1 Å². The van der Waals surface area contributed by atoms with Crippen LogP contribution in [0.1, 0.15) is 27.7 Å². The molecule has 1 N–H and O–H groups in total. The summed E-state index contributed by atoms with van der Waals surface area (Å²) >= 11 is 0. The zero-order valence-electron chi connectivity index (χ0n) is 12.8. The molecule has 5 heteroatoms. The number of hydrogen-bond acceptors (Lipinski definition) is 4. The van der Waals surface area contributed by atoms with Gasteiger partial charge in [0, 0.05) is 6.54 Å². The molecule has 0 spiro atoms. The van der Waals surface area contributed by atoms with Crippen LogP contribution in [0.2, 0.25) is 0 Å². The fourth-order valence-electron chi connectivity index (χ4n) is 2.49. The van der Waals surface area contributed by atoms with E-state index in [-0.39, 0.29) is 11.4 Å². The van der Waals surface area contributed by atoms with E-state index in [1.54, 1.807) is 18.2 Å². The summed E-state index contributed by atoms with van der Waals surface area (Å²) in [5.41, 5.74) is 0.516. The third kappa shape index (κ3) is 3.85. The summed E-state index contributed by atoms with van der Waals surface area (Å²) in [6, 6.07) is 5.08. The molecule has 0 fully saturated rings. The van der Waals surface area contributed by atoms with Crippen LogP contribution in [0.15, 0.2) is 18.2 Å². The summed E-state index contributed by atoms with van der Waals surface area (Å²) < 4.78 is 5.07. The lowest BCUT2D eigenvalue weighted by Gasteiger charge is -2.25. The monoisotopic (exact) mass is 280 g/mol. The molecule has 0 atom stereocenters. The third-order valence-corrected chi connectivity index (χ3v) is 3.64. The van der Waals surface area contributed by atoms with Gasteiger partial charge in [-0.3, -0.25) is 10.1 Å². The Morgan fingerprint density at radius 2 is 1.85 bits per heavy atom. The fourth-order valence-corrected chi connectivity index (χ4v) is 2.49. The molecule has 0 saturated carbocycles. The van der Waals surface area contributed by atoms with E-state index in [0.717, 1.165) is 0 Å². The summed E-state index contributed by atoms with van der Waals surface area (Å²) in [6.07, 6.45) is 0. The Morgan fingerprint density at radius 3 is 2.30 bits per heavy atom. The minimum Gasteiger partial charge on any atom is -0.490 e. The second kappa shape index (κ2) is 7.12. The molecule has 1 aromatic rings. The number of rotatable bonds is 7. The third-order valence-electron chi connectivity index (χ3n) is 3.64. The van der Waals surface area contributed by atoms with Gasteiger partial charge in [-0.1, -0.05) is 33.8 Å². The molecule has 0 heterocycles. The predicted octanol–water partition coefficient (Wildman–Crippen LogP) is 3.94. The second-order valence-electron chi connectivity index (χ2n) is 5.65. The zero-order valence-corrected chi connectivity index (χ0v) is 12.8. The first kappa shape index (κ1) is 16.3. The SMILES string of the molecule is COc1cccc(NCC(C(C)C)C(C)C)c1[N+](=O)[O-]. The lowest BCUT2D eigenvalue weighted by atomic mass is 9.85. The van der Waals surface area contributed by atoms with Gasteiger partial charge in [0.15, 0.2) is 5.75 Å². The van der Waals surface area contributed by atoms with E-state index in [1.165, 1.54) is 7.11 Å². The van der Waals surface area contributed by atoms with E-state index in [9.17, 15) is 10.1 Å². The Bertz CT molecular complexity index is 450. The standard InChI is InChI=1S/C15H24N2O3/c1-10(2)12(11(3)4)9-16-13-7-6-8-14(20-5)15(13)17(18)19/h6-8,10-12,16H,9H2,1-5H3. The van der Waals surface area contributed by atoms with Crippen molar-refractivity contribution in [2.75, 3.05) is 19.0 Å². The van der Waals surface area contributed by atoms with Crippen molar-refractivity contribution in [1.29, 1.82) is 0 Å². The van der Waals surface area contributed by atoms with E-state index in [4.69, 9.17) is 4.74 Å². The zero-order chi connectivity index (χ0) is 15.3. The van der Waals surface area contributed by atoms with Crippen LogP contribution >= 0.6 is 0 Å². The smallest absolute Gasteiger partial charge is 0.333 e. The van der Waals surface area contributed by atoms with Crippen LogP contribution in [0.25, 0.3) is 0 Å². The summed E-state index contributed by atoms with van der Waals surface area (Å²) in [7, 11) is 1.44. The number of benzene rings is 1. The second-order valence-corrected chi connectivity index (χ2v) is 5.65. The summed E-state index contributed by atoms with van der Waals surface area (Å²) in [4.78, 5) is 10.8. The highest BCUT2D eigenvalue weighted by Gasteiger charge is 2.22. The van der Waals surface area contributed by atoms with Crippen LogP contribution in [0.4, 0.5) is 11.4 Å². The number of nitro groups is 1. The quantitative estimate of drug-likeness (QED) is 0.607. The topological polar surface area (TPSA) is 64.4 Å². The van der Waals surface area contributed by atoms with Crippen molar-refractivity contribution in [2.45, 2.75) is 27.7 Å². The minimum atomic E-state index is -0.402. The molecule has 0 aliphatic rings. The Hall–Kier alpha value is -1.78. The normalized spacial score (nSPS) is 11.2. The number of nitrogens with zero attached hydrogens (tertiary/aromatic N) is 1. The summed E-state index contributed by atoms with van der Waals surface area (Å²) in [5.74, 6) is 1.78. The molecule has 20 heavy (non-hydrogen) atoms. The average Bonchev–Trinajstić information content (AvgIpc) is 2.37. The number of anilines is 1. The number of nitro benzene ring substituents is 1. The van der Waals surface area contributed by atoms with Crippen LogP contribution in [-0.4, -0.2) is 18.6 Å². The molecule has 1 rings (SSSR count). The van der Waals surface area contributed by atoms with Gasteiger partial charge in [0.2, 0.25) is 0 Å². The first-order valence-electron chi connectivity index (χ1n) is 6.93. The highest BCUT2D eigenvalue weighted by molar-refractivity contribution is 5.68. The highest BCUT2D eigenvalue weighted by Crippen LogP contribution is 2.35. The number of nitrogens with one attached hydrogen (secondary N) is 1. The van der Waals surface area contributed by atoms with Gasteiger partial charge in [-0.05, 0) is 29.9 Å². The van der Waals surface area contributed by atoms with Crippen molar-refractivity contribution in [3.05, 3.63) is 28.3 Å². The molecule has 0 saturated heterocycles. The van der Waals surface area contributed by atoms with E-state index >= 15 is 0 Å². The Kier molecular flexibility index (Phi) is 5.80. The number of ether oxygens (including phenoxy) is 1. The van der Waals surface area contributed by atoms with Gasteiger partial charge in [-0.2, -0.15) is 0 Å². The van der Waals surface area contributed by atoms with E-state index in [2.05, 4.69) is 33.0 Å². The van der Waals surface area contributed by atoms with Crippen molar-refractivity contribution in [1.82, 2.24) is 0 Å². The molecule has 5 nitrogen and oxygen atoms in total. The van der Waals surface area contributed by atoms with Crippen molar-refractivity contribution in [2.24, 2.45) is 17.8 Å². The van der Waals surface area contributed by atoms with Crippen LogP contribution in [0.3, 0.4) is 0 Å². The molecule has 112 valence electrons. The van der Waals surface area contributed by atoms with Crippen molar-refractivity contribution < 1.29 is 9.66 Å². The highest BCUT2D eigenvalue weighted by atomic mass is 16.6. The van der Waals surface area contributed by atoms with Gasteiger partial charge in [0.05, 0.1) is 12.0 Å². The van der Waals surface area contributed by atoms with Gasteiger partial charge in [-0.15, -0.1) is 0 Å². The van der Waals surface area contributed by atoms with Gasteiger partial charge in [-0.25, -0.2) is 0 Å². The molecule has 0 amide bonds. The van der Waals surface area contributed by atoms with Crippen LogP contribution in [-0.2, 0) is 0 Å². The summed E-state index contributed by atoms with van der Waals surface area (Å²) in [5, 5.41) is 14.4. The Labute approximate surface area is 120 Å². The van der Waals surface area contributed by atoms with E-state index < -0.39 is 4.92 Å². The molecule has 0 aliphatic heterocycles. The number of methoxy groups -OCH3 is 1. The molecule has 0 unspecified atom stereocenters. The number of para-hydroxylation sites is 1. The van der Waals surface area contributed by atoms with Gasteiger partial charge in [0.1, 0.15) is 5.69 Å². The largest absolute Gasteiger partial charge is 0.490 e. The molecule has 1 aromatic carbocycles. The first-order valence-corrected chi connectivity index (χ1v) is 6.93. The predicted molar refractivity (Wildman–Crippen MR) is 81.3 cm³/mol.